The van der Waals surface area contributed by atoms with Crippen LogP contribution >= 0.6 is 11.8 Å². The van der Waals surface area contributed by atoms with Gasteiger partial charge in [-0.2, -0.15) is 16.7 Å². The molecule has 0 fully saturated rings. The Kier molecular flexibility index (Phi) is 5.01. The molecule has 2 aromatic heterocycles. The van der Waals surface area contributed by atoms with Crippen LogP contribution in [0.3, 0.4) is 0 Å². The van der Waals surface area contributed by atoms with E-state index < -0.39 is 12.0 Å². The van der Waals surface area contributed by atoms with E-state index in [1.807, 2.05) is 37.4 Å². The number of aromatic nitrogens is 2. The van der Waals surface area contributed by atoms with E-state index in [1.54, 1.807) is 17.1 Å². The summed E-state index contributed by atoms with van der Waals surface area (Å²) >= 11 is 1.61. The Morgan fingerprint density at radius 1 is 1.38 bits per heavy atom. The average Bonchev–Trinajstić information content (AvgIpc) is 2.97. The zero-order valence-corrected chi connectivity index (χ0v) is 14.4. The van der Waals surface area contributed by atoms with Gasteiger partial charge >= 0.3 is 0 Å². The van der Waals surface area contributed by atoms with Gasteiger partial charge in [0.25, 0.3) is 5.82 Å². The van der Waals surface area contributed by atoms with Gasteiger partial charge in [0, 0.05) is 18.2 Å². The molecule has 126 valence electrons. The molecule has 2 N–H and O–H groups in total. The smallest absolute Gasteiger partial charge is 0.272 e. The first-order valence-corrected chi connectivity index (χ1v) is 9.26. The number of rotatable bonds is 7. The fourth-order valence-corrected chi connectivity index (χ4v) is 3.13. The predicted octanol–water partition coefficient (Wildman–Crippen LogP) is 1.00. The standard InChI is InChI=1S/C17H19N3O3S/c1-3-13-19-14-10-6-4-5-7-12(10)23-15(14)16(20-13)18-11(17(21)22)8-9-24-2/h4-7,11H,3,8-9H2,1-2H3,(H,21,22)(H,18,19,20)/t11-/m1/s1. The molecule has 2 heterocycles. The molecule has 6 nitrogen and oxygen atoms in total. The molecule has 0 saturated carbocycles. The Bertz CT molecular complexity index is 878. The quantitative estimate of drug-likeness (QED) is 0.686. The normalized spacial score (nSPS) is 12.8. The molecule has 0 spiro atoms. The third kappa shape index (κ3) is 3.22. The Labute approximate surface area is 143 Å². The minimum atomic E-state index is -1.09. The summed E-state index contributed by atoms with van der Waals surface area (Å²) < 4.78 is 5.89. The summed E-state index contributed by atoms with van der Waals surface area (Å²) in [5.41, 5.74) is 1.98. The number of benzene rings is 1. The molecule has 0 aliphatic carbocycles. The number of thioether (sulfide) groups is 1. The van der Waals surface area contributed by atoms with Crippen LogP contribution in [-0.2, 0) is 11.2 Å². The molecule has 3 rings (SSSR count). The number of carboxylic acids is 1. The van der Waals surface area contributed by atoms with E-state index in [2.05, 4.69) is 9.97 Å². The summed E-state index contributed by atoms with van der Waals surface area (Å²) in [5, 5.41) is 14.0. The Balaban J connectivity index is 2.10. The summed E-state index contributed by atoms with van der Waals surface area (Å²) in [4.78, 5) is 20.5. The van der Waals surface area contributed by atoms with Crippen molar-refractivity contribution in [2.45, 2.75) is 25.8 Å². The van der Waals surface area contributed by atoms with Gasteiger partial charge in [0.15, 0.2) is 0 Å². The predicted molar refractivity (Wildman–Crippen MR) is 92.1 cm³/mol. The van der Waals surface area contributed by atoms with Gasteiger partial charge in [-0.1, -0.05) is 19.1 Å². The van der Waals surface area contributed by atoms with E-state index in [9.17, 15) is 9.90 Å². The molecule has 0 saturated heterocycles. The van der Waals surface area contributed by atoms with Crippen molar-refractivity contribution >= 4 is 45.6 Å². The maximum absolute atomic E-state index is 11.4. The molecule has 3 aromatic rings. The lowest BCUT2D eigenvalue weighted by Gasteiger charge is -2.15. The SMILES string of the molecule is CCc1nc([NH2+][C@H](CCSC)C(=O)[O-])c2oc3ccccc3c2n1. The number of nitrogens with two attached hydrogens (primary N) is 1. The first kappa shape index (κ1) is 16.7. The van der Waals surface area contributed by atoms with Crippen LogP contribution in [0.25, 0.3) is 22.1 Å². The van der Waals surface area contributed by atoms with Gasteiger partial charge in [0.1, 0.15) is 23.0 Å². The summed E-state index contributed by atoms with van der Waals surface area (Å²) in [5.74, 6) is 0.847. The Hall–Kier alpha value is -2.12. The van der Waals surface area contributed by atoms with Gasteiger partial charge < -0.3 is 14.3 Å². The number of para-hydroxylation sites is 1. The first-order chi connectivity index (χ1) is 11.6. The topological polar surface area (TPSA) is 95.7 Å². The molecule has 0 bridgehead atoms. The van der Waals surface area contributed by atoms with Crippen molar-refractivity contribution in [2.75, 3.05) is 12.0 Å². The molecule has 0 amide bonds. The number of fused-ring (bicyclic) bond motifs is 3. The summed E-state index contributed by atoms with van der Waals surface area (Å²) in [6.07, 6.45) is 3.11. The van der Waals surface area contributed by atoms with Crippen molar-refractivity contribution in [2.24, 2.45) is 0 Å². The van der Waals surface area contributed by atoms with Crippen molar-refractivity contribution in [1.82, 2.24) is 9.97 Å². The highest BCUT2D eigenvalue weighted by Gasteiger charge is 2.22. The lowest BCUT2D eigenvalue weighted by atomic mass is 10.2. The van der Waals surface area contributed by atoms with Crippen molar-refractivity contribution in [1.29, 1.82) is 0 Å². The molecule has 0 unspecified atom stereocenters. The number of nitrogens with zero attached hydrogens (tertiary/aromatic N) is 2. The van der Waals surface area contributed by atoms with E-state index in [4.69, 9.17) is 4.42 Å². The summed E-state index contributed by atoms with van der Waals surface area (Å²) in [6.45, 7) is 1.97. The molecule has 1 atom stereocenters. The summed E-state index contributed by atoms with van der Waals surface area (Å²) in [7, 11) is 0. The second kappa shape index (κ2) is 7.19. The van der Waals surface area contributed by atoms with Crippen molar-refractivity contribution in [3.63, 3.8) is 0 Å². The minimum absolute atomic E-state index is 0.497. The molecule has 24 heavy (non-hydrogen) atoms. The second-order valence-corrected chi connectivity index (χ2v) is 6.51. The fraction of sp³-hybridized carbons (Fsp3) is 0.353. The van der Waals surface area contributed by atoms with Gasteiger partial charge in [0.05, 0.1) is 5.97 Å². The van der Waals surface area contributed by atoms with Gasteiger partial charge in [-0.3, -0.25) is 5.32 Å². The molecule has 0 aliphatic rings. The maximum Gasteiger partial charge on any atom is 0.272 e. The lowest BCUT2D eigenvalue weighted by molar-refractivity contribution is -0.609. The highest BCUT2D eigenvalue weighted by atomic mass is 32.2. The van der Waals surface area contributed by atoms with Crippen molar-refractivity contribution < 1.29 is 19.6 Å². The lowest BCUT2D eigenvalue weighted by Crippen LogP contribution is -2.88. The Morgan fingerprint density at radius 3 is 2.88 bits per heavy atom. The molecule has 1 aromatic carbocycles. The molecular formula is C17H19N3O3S. The number of hydrogen-bond donors (Lipinski definition) is 1. The van der Waals surface area contributed by atoms with Crippen LogP contribution < -0.4 is 10.4 Å². The third-order valence-electron chi connectivity index (χ3n) is 3.90. The highest BCUT2D eigenvalue weighted by Crippen LogP contribution is 2.29. The Morgan fingerprint density at radius 2 is 2.17 bits per heavy atom. The van der Waals surface area contributed by atoms with Crippen LogP contribution in [0.2, 0.25) is 0 Å². The van der Waals surface area contributed by atoms with Crippen LogP contribution in [0.4, 0.5) is 5.82 Å². The number of carbonyl (C=O) groups excluding carboxylic acids is 1. The van der Waals surface area contributed by atoms with Crippen LogP contribution in [0.5, 0.6) is 0 Å². The number of carbonyl (C=O) groups is 1. The van der Waals surface area contributed by atoms with Gasteiger partial charge in [-0.15, -0.1) is 0 Å². The highest BCUT2D eigenvalue weighted by molar-refractivity contribution is 7.98. The van der Waals surface area contributed by atoms with E-state index in [1.165, 1.54) is 0 Å². The molecule has 0 radical (unpaired) electrons. The minimum Gasteiger partial charge on any atom is -0.544 e. The zero-order chi connectivity index (χ0) is 17.1. The van der Waals surface area contributed by atoms with Crippen LogP contribution in [0.1, 0.15) is 19.2 Å². The monoisotopic (exact) mass is 345 g/mol. The van der Waals surface area contributed by atoms with Gasteiger partial charge in [-0.05, 0) is 24.1 Å². The number of furan rings is 1. The second-order valence-electron chi connectivity index (χ2n) is 5.53. The zero-order valence-electron chi connectivity index (χ0n) is 13.6. The van der Waals surface area contributed by atoms with E-state index in [0.29, 0.717) is 30.1 Å². The molecule has 0 aliphatic heterocycles. The van der Waals surface area contributed by atoms with Crippen LogP contribution in [0.15, 0.2) is 28.7 Å². The first-order valence-electron chi connectivity index (χ1n) is 7.86. The third-order valence-corrected chi connectivity index (χ3v) is 4.55. The number of quaternary nitrogens is 1. The number of hydrogen-bond acceptors (Lipinski definition) is 6. The largest absolute Gasteiger partial charge is 0.544 e. The maximum atomic E-state index is 11.4. The molecular weight excluding hydrogens is 326 g/mol. The van der Waals surface area contributed by atoms with Crippen molar-refractivity contribution in [3.05, 3.63) is 30.1 Å². The summed E-state index contributed by atoms with van der Waals surface area (Å²) in [6, 6.07) is 6.94. The number of carboxylic acid groups (broad SMARTS) is 1. The average molecular weight is 345 g/mol. The number of aliphatic carboxylic acids is 1. The molecule has 7 heteroatoms. The van der Waals surface area contributed by atoms with Gasteiger partial charge in [-0.25, -0.2) is 4.98 Å². The van der Waals surface area contributed by atoms with E-state index in [0.717, 1.165) is 22.2 Å². The number of aryl methyl sites for hydroxylation is 1. The van der Waals surface area contributed by atoms with Crippen LogP contribution in [0, 0.1) is 0 Å². The van der Waals surface area contributed by atoms with Crippen LogP contribution in [-0.4, -0.2) is 34.0 Å². The van der Waals surface area contributed by atoms with E-state index >= 15 is 0 Å². The fourth-order valence-electron chi connectivity index (χ4n) is 2.64. The van der Waals surface area contributed by atoms with E-state index in [-0.39, 0.29) is 0 Å². The van der Waals surface area contributed by atoms with Gasteiger partial charge in [0.2, 0.25) is 5.58 Å². The van der Waals surface area contributed by atoms with Crippen molar-refractivity contribution in [3.8, 4) is 0 Å².